The molecule has 3 heterocycles. The monoisotopic (exact) mass is 370 g/mol. The number of hydrogen-bond acceptors (Lipinski definition) is 5. The molecule has 4 rings (SSSR count). The summed E-state index contributed by atoms with van der Waals surface area (Å²) >= 11 is 0. The van der Waals surface area contributed by atoms with E-state index in [1.165, 1.54) is 30.6 Å². The van der Waals surface area contributed by atoms with Crippen LogP contribution in [0.15, 0.2) is 36.7 Å². The van der Waals surface area contributed by atoms with E-state index in [-0.39, 0.29) is 11.4 Å². The van der Waals surface area contributed by atoms with Crippen molar-refractivity contribution in [1.29, 1.82) is 0 Å². The van der Waals surface area contributed by atoms with Crippen molar-refractivity contribution < 1.29 is 19.0 Å². The Morgan fingerprint density at radius 1 is 1.33 bits per heavy atom. The molecule has 0 atom stereocenters. The predicted octanol–water partition coefficient (Wildman–Crippen LogP) is 3.44. The van der Waals surface area contributed by atoms with E-state index in [9.17, 15) is 14.3 Å². The number of carboxylic acids is 1. The van der Waals surface area contributed by atoms with Crippen molar-refractivity contribution in [2.24, 2.45) is 5.92 Å². The minimum absolute atomic E-state index is 0.0773. The molecule has 8 heteroatoms. The van der Waals surface area contributed by atoms with E-state index in [2.05, 4.69) is 15.4 Å². The number of aromatic carboxylic acids is 1. The second kappa shape index (κ2) is 7.32. The topological polar surface area (TPSA) is 89.3 Å². The first-order valence-electron chi connectivity index (χ1n) is 8.80. The molecule has 0 unspecified atom stereocenters. The largest absolute Gasteiger partial charge is 0.478 e. The number of carbonyl (C=O) groups is 1. The number of pyridine rings is 1. The molecular formula is C19H19FN4O3. The van der Waals surface area contributed by atoms with E-state index in [0.29, 0.717) is 29.4 Å². The minimum Gasteiger partial charge on any atom is -0.478 e. The maximum Gasteiger partial charge on any atom is 0.337 e. The Morgan fingerprint density at radius 3 is 2.93 bits per heavy atom. The van der Waals surface area contributed by atoms with Crippen LogP contribution in [0.25, 0.3) is 10.9 Å². The van der Waals surface area contributed by atoms with E-state index >= 15 is 0 Å². The number of halogens is 1. The Balaban J connectivity index is 1.72. The lowest BCUT2D eigenvalue weighted by Gasteiger charge is -2.22. The highest BCUT2D eigenvalue weighted by molar-refractivity contribution is 5.97. The van der Waals surface area contributed by atoms with E-state index in [1.54, 1.807) is 6.07 Å². The van der Waals surface area contributed by atoms with Crippen LogP contribution in [0.5, 0.6) is 0 Å². The van der Waals surface area contributed by atoms with E-state index < -0.39 is 5.97 Å². The fourth-order valence-corrected chi connectivity index (χ4v) is 3.36. The van der Waals surface area contributed by atoms with Gasteiger partial charge in [-0.25, -0.2) is 9.18 Å². The summed E-state index contributed by atoms with van der Waals surface area (Å²) in [5.41, 5.74) is 1.19. The number of rotatable bonds is 5. The van der Waals surface area contributed by atoms with Crippen molar-refractivity contribution in [3.63, 3.8) is 0 Å². The average Bonchev–Trinajstić information content (AvgIpc) is 2.99. The molecule has 0 saturated carbocycles. The molecule has 27 heavy (non-hydrogen) atoms. The number of carboxylic acid groups (broad SMARTS) is 1. The zero-order valence-electron chi connectivity index (χ0n) is 14.6. The van der Waals surface area contributed by atoms with Crippen molar-refractivity contribution in [2.75, 3.05) is 18.5 Å². The molecule has 2 N–H and O–H groups in total. The van der Waals surface area contributed by atoms with Crippen LogP contribution in [0.4, 0.5) is 15.9 Å². The Bertz CT molecular complexity index is 982. The molecule has 1 fully saturated rings. The summed E-state index contributed by atoms with van der Waals surface area (Å²) in [5.74, 6) is -0.599. The number of fused-ring (bicyclic) bond motifs is 1. The normalized spacial score (nSPS) is 15.1. The smallest absolute Gasteiger partial charge is 0.337 e. The van der Waals surface area contributed by atoms with Gasteiger partial charge < -0.3 is 15.2 Å². The third-order valence-electron chi connectivity index (χ3n) is 4.79. The number of nitrogens with one attached hydrogen (secondary N) is 1. The van der Waals surface area contributed by atoms with Crippen molar-refractivity contribution in [1.82, 2.24) is 14.8 Å². The molecule has 140 valence electrons. The zero-order chi connectivity index (χ0) is 18.8. The molecule has 1 aromatic carbocycles. The molecule has 1 saturated heterocycles. The van der Waals surface area contributed by atoms with Gasteiger partial charge >= 0.3 is 5.97 Å². The standard InChI is InChI=1S/C19H19FN4O3/c20-13-1-2-17-15(9-13)18(22-16-10-21-6-3-14(16)19(25)26)23-24(17)11-12-4-7-27-8-5-12/h1-3,6,9-10,12H,4-5,7-8,11H2,(H,22,23)(H,25,26). The van der Waals surface area contributed by atoms with Crippen LogP contribution in [-0.4, -0.2) is 39.1 Å². The van der Waals surface area contributed by atoms with E-state index in [4.69, 9.17) is 4.74 Å². The summed E-state index contributed by atoms with van der Waals surface area (Å²) < 4.78 is 21.1. The molecule has 2 aromatic heterocycles. The summed E-state index contributed by atoms with van der Waals surface area (Å²) in [5, 5.41) is 17.6. The summed E-state index contributed by atoms with van der Waals surface area (Å²) in [4.78, 5) is 15.4. The molecule has 0 spiro atoms. The fraction of sp³-hybridized carbons (Fsp3) is 0.316. The maximum atomic E-state index is 13.8. The Labute approximate surface area is 154 Å². The summed E-state index contributed by atoms with van der Waals surface area (Å²) in [7, 11) is 0. The first kappa shape index (κ1) is 17.4. The van der Waals surface area contributed by atoms with Gasteiger partial charge in [0, 0.05) is 31.3 Å². The number of hydrogen-bond donors (Lipinski definition) is 2. The molecule has 0 bridgehead atoms. The highest BCUT2D eigenvalue weighted by Crippen LogP contribution is 2.29. The highest BCUT2D eigenvalue weighted by Gasteiger charge is 2.19. The molecule has 7 nitrogen and oxygen atoms in total. The van der Waals surface area contributed by atoms with Gasteiger partial charge in [-0.05, 0) is 43.0 Å². The van der Waals surface area contributed by atoms with Crippen LogP contribution in [0, 0.1) is 11.7 Å². The van der Waals surface area contributed by atoms with Crippen LogP contribution in [-0.2, 0) is 11.3 Å². The first-order valence-corrected chi connectivity index (χ1v) is 8.80. The van der Waals surface area contributed by atoms with E-state index in [1.807, 2.05) is 4.68 Å². The van der Waals surface area contributed by atoms with Crippen LogP contribution >= 0.6 is 0 Å². The lowest BCUT2D eigenvalue weighted by atomic mass is 10.0. The lowest BCUT2D eigenvalue weighted by Crippen LogP contribution is -2.20. The summed E-state index contributed by atoms with van der Waals surface area (Å²) in [6, 6.07) is 5.92. The Hall–Kier alpha value is -3.00. The molecule has 0 amide bonds. The fourth-order valence-electron chi connectivity index (χ4n) is 3.36. The first-order chi connectivity index (χ1) is 13.1. The Morgan fingerprint density at radius 2 is 2.15 bits per heavy atom. The zero-order valence-corrected chi connectivity index (χ0v) is 14.6. The highest BCUT2D eigenvalue weighted by atomic mass is 19.1. The van der Waals surface area contributed by atoms with Gasteiger partial charge in [-0.1, -0.05) is 0 Å². The van der Waals surface area contributed by atoms with Gasteiger partial charge in [0.25, 0.3) is 0 Å². The molecule has 3 aromatic rings. The van der Waals surface area contributed by atoms with Crippen molar-refractivity contribution in [3.05, 3.63) is 48.0 Å². The third-order valence-corrected chi connectivity index (χ3v) is 4.79. The van der Waals surface area contributed by atoms with E-state index in [0.717, 1.165) is 31.6 Å². The van der Waals surface area contributed by atoms with Crippen molar-refractivity contribution >= 4 is 28.4 Å². The molecule has 1 aliphatic rings. The lowest BCUT2D eigenvalue weighted by molar-refractivity contribution is 0.0606. The van der Waals surface area contributed by atoms with Crippen LogP contribution < -0.4 is 5.32 Å². The number of nitrogens with zero attached hydrogens (tertiary/aromatic N) is 3. The number of benzene rings is 1. The van der Waals surface area contributed by atoms with Gasteiger partial charge in [0.1, 0.15) is 5.82 Å². The van der Waals surface area contributed by atoms with Gasteiger partial charge in [0.05, 0.1) is 23.0 Å². The Kier molecular flexibility index (Phi) is 4.72. The van der Waals surface area contributed by atoms with Crippen LogP contribution in [0.1, 0.15) is 23.2 Å². The number of ether oxygens (including phenoxy) is 1. The number of aromatic nitrogens is 3. The second-order valence-electron chi connectivity index (χ2n) is 6.60. The van der Waals surface area contributed by atoms with Gasteiger partial charge in [-0.2, -0.15) is 5.10 Å². The van der Waals surface area contributed by atoms with Gasteiger partial charge in [-0.15, -0.1) is 0 Å². The van der Waals surface area contributed by atoms with Crippen molar-refractivity contribution in [3.8, 4) is 0 Å². The van der Waals surface area contributed by atoms with Crippen LogP contribution in [0.2, 0.25) is 0 Å². The second-order valence-corrected chi connectivity index (χ2v) is 6.60. The van der Waals surface area contributed by atoms with Gasteiger partial charge in [0.15, 0.2) is 5.82 Å². The summed E-state index contributed by atoms with van der Waals surface area (Å²) in [6.45, 7) is 2.18. The summed E-state index contributed by atoms with van der Waals surface area (Å²) in [6.07, 6.45) is 4.75. The molecule has 0 aliphatic carbocycles. The SMILES string of the molecule is O=C(O)c1ccncc1Nc1nn(CC2CCOCC2)c2ccc(F)cc12. The minimum atomic E-state index is -1.07. The third kappa shape index (κ3) is 3.61. The molecular weight excluding hydrogens is 351 g/mol. The number of anilines is 2. The predicted molar refractivity (Wildman–Crippen MR) is 97.7 cm³/mol. The maximum absolute atomic E-state index is 13.8. The average molecular weight is 370 g/mol. The van der Waals surface area contributed by atoms with Crippen LogP contribution in [0.3, 0.4) is 0 Å². The molecule has 0 radical (unpaired) electrons. The van der Waals surface area contributed by atoms with Crippen molar-refractivity contribution in [2.45, 2.75) is 19.4 Å². The van der Waals surface area contributed by atoms with Gasteiger partial charge in [-0.3, -0.25) is 9.67 Å². The quantitative estimate of drug-likeness (QED) is 0.715. The molecule has 1 aliphatic heterocycles. The van der Waals surface area contributed by atoms with Gasteiger partial charge in [0.2, 0.25) is 0 Å².